The van der Waals surface area contributed by atoms with E-state index in [1.807, 2.05) is 0 Å². The summed E-state index contributed by atoms with van der Waals surface area (Å²) in [6.45, 7) is 9.70. The van der Waals surface area contributed by atoms with Crippen LogP contribution in [0.3, 0.4) is 0 Å². The fourth-order valence-electron chi connectivity index (χ4n) is 0.805. The molecular weight excluding hydrogens is 138 g/mol. The van der Waals surface area contributed by atoms with Gasteiger partial charge in [0.2, 0.25) is 0 Å². The van der Waals surface area contributed by atoms with Gasteiger partial charge in [0.1, 0.15) is 0 Å². The van der Waals surface area contributed by atoms with Crippen LogP contribution in [0.2, 0.25) is 0 Å². The zero-order valence-corrected chi connectivity index (χ0v) is 8.24. The Morgan fingerprint density at radius 2 is 1.91 bits per heavy atom. The number of ether oxygens (including phenoxy) is 1. The predicted molar refractivity (Wildman–Crippen MR) is 48.8 cm³/mol. The molecular formula is C9H21NO. The van der Waals surface area contributed by atoms with E-state index in [9.17, 15) is 0 Å². The maximum absolute atomic E-state index is 4.93. The van der Waals surface area contributed by atoms with Crippen molar-refractivity contribution in [2.75, 3.05) is 26.8 Å². The Morgan fingerprint density at radius 1 is 1.27 bits per heavy atom. The van der Waals surface area contributed by atoms with Crippen LogP contribution < -0.4 is 5.32 Å². The molecule has 2 heteroatoms. The van der Waals surface area contributed by atoms with Gasteiger partial charge in [0.05, 0.1) is 0 Å². The average molecular weight is 159 g/mol. The van der Waals surface area contributed by atoms with Gasteiger partial charge < -0.3 is 10.1 Å². The van der Waals surface area contributed by atoms with E-state index in [0.29, 0.717) is 5.41 Å². The van der Waals surface area contributed by atoms with E-state index in [4.69, 9.17) is 4.74 Å². The summed E-state index contributed by atoms with van der Waals surface area (Å²) in [5, 5.41) is 3.38. The second kappa shape index (κ2) is 5.56. The van der Waals surface area contributed by atoms with Crippen LogP contribution in [-0.2, 0) is 4.74 Å². The molecule has 0 spiro atoms. The quantitative estimate of drug-likeness (QED) is 0.616. The molecule has 0 heterocycles. The van der Waals surface area contributed by atoms with E-state index in [-0.39, 0.29) is 0 Å². The Hall–Kier alpha value is -0.0800. The fourth-order valence-corrected chi connectivity index (χ4v) is 0.805. The highest BCUT2D eigenvalue weighted by molar-refractivity contribution is 4.64. The van der Waals surface area contributed by atoms with Gasteiger partial charge in [-0.05, 0) is 24.9 Å². The third kappa shape index (κ3) is 9.92. The van der Waals surface area contributed by atoms with Gasteiger partial charge in [-0.15, -0.1) is 0 Å². The first-order valence-corrected chi connectivity index (χ1v) is 4.26. The van der Waals surface area contributed by atoms with Gasteiger partial charge >= 0.3 is 0 Å². The second-order valence-electron chi connectivity index (χ2n) is 4.08. The van der Waals surface area contributed by atoms with Gasteiger partial charge in [-0.25, -0.2) is 0 Å². The van der Waals surface area contributed by atoms with Crippen LogP contribution in [0.4, 0.5) is 0 Å². The monoisotopic (exact) mass is 159 g/mol. The van der Waals surface area contributed by atoms with Crippen molar-refractivity contribution in [3.05, 3.63) is 0 Å². The highest BCUT2D eigenvalue weighted by atomic mass is 16.5. The third-order valence-corrected chi connectivity index (χ3v) is 1.36. The van der Waals surface area contributed by atoms with Crippen LogP contribution in [0.5, 0.6) is 0 Å². The Kier molecular flexibility index (Phi) is 5.51. The van der Waals surface area contributed by atoms with E-state index in [1.165, 1.54) is 0 Å². The molecule has 0 aromatic rings. The molecule has 68 valence electrons. The molecule has 0 fully saturated rings. The van der Waals surface area contributed by atoms with Crippen molar-refractivity contribution in [3.63, 3.8) is 0 Å². The minimum absolute atomic E-state index is 0.396. The molecule has 0 unspecified atom stereocenters. The second-order valence-corrected chi connectivity index (χ2v) is 4.08. The van der Waals surface area contributed by atoms with Crippen LogP contribution in [0, 0.1) is 5.41 Å². The number of methoxy groups -OCH3 is 1. The van der Waals surface area contributed by atoms with E-state index in [0.717, 1.165) is 26.1 Å². The third-order valence-electron chi connectivity index (χ3n) is 1.36. The summed E-state index contributed by atoms with van der Waals surface area (Å²) in [6, 6.07) is 0. The van der Waals surface area contributed by atoms with Gasteiger partial charge in [0, 0.05) is 13.7 Å². The van der Waals surface area contributed by atoms with Gasteiger partial charge in [-0.2, -0.15) is 0 Å². The van der Waals surface area contributed by atoms with Crippen molar-refractivity contribution in [2.45, 2.75) is 27.2 Å². The first kappa shape index (κ1) is 10.9. The topological polar surface area (TPSA) is 21.3 Å². The Morgan fingerprint density at radius 3 is 2.36 bits per heavy atom. The lowest BCUT2D eigenvalue weighted by molar-refractivity contribution is 0.193. The molecule has 0 amide bonds. The molecule has 2 nitrogen and oxygen atoms in total. The van der Waals surface area contributed by atoms with Crippen molar-refractivity contribution in [1.29, 1.82) is 0 Å². The maximum Gasteiger partial charge on any atom is 0.0474 e. The lowest BCUT2D eigenvalue weighted by Gasteiger charge is -2.18. The molecule has 0 rings (SSSR count). The summed E-state index contributed by atoms with van der Waals surface area (Å²) in [6.07, 6.45) is 1.10. The molecule has 0 aliphatic carbocycles. The van der Waals surface area contributed by atoms with Crippen molar-refractivity contribution >= 4 is 0 Å². The smallest absolute Gasteiger partial charge is 0.0474 e. The van der Waals surface area contributed by atoms with Gasteiger partial charge in [-0.1, -0.05) is 20.8 Å². The van der Waals surface area contributed by atoms with Crippen LogP contribution in [0.1, 0.15) is 27.2 Å². The van der Waals surface area contributed by atoms with E-state index < -0.39 is 0 Å². The van der Waals surface area contributed by atoms with Gasteiger partial charge in [0.25, 0.3) is 0 Å². The van der Waals surface area contributed by atoms with E-state index in [2.05, 4.69) is 26.1 Å². The van der Waals surface area contributed by atoms with Crippen molar-refractivity contribution in [3.8, 4) is 0 Å². The summed E-state index contributed by atoms with van der Waals surface area (Å²) in [5.41, 5.74) is 0.396. The molecule has 1 N–H and O–H groups in total. The molecule has 0 aliphatic rings. The van der Waals surface area contributed by atoms with Crippen molar-refractivity contribution < 1.29 is 4.74 Å². The molecule has 11 heavy (non-hydrogen) atoms. The van der Waals surface area contributed by atoms with Crippen molar-refractivity contribution in [1.82, 2.24) is 5.32 Å². The summed E-state index contributed by atoms with van der Waals surface area (Å²) < 4.78 is 4.93. The first-order chi connectivity index (χ1) is 5.06. The van der Waals surface area contributed by atoms with Crippen LogP contribution in [0.15, 0.2) is 0 Å². The number of rotatable bonds is 5. The largest absolute Gasteiger partial charge is 0.385 e. The highest BCUT2D eigenvalue weighted by Crippen LogP contribution is 2.09. The molecule has 0 bridgehead atoms. The summed E-state index contributed by atoms with van der Waals surface area (Å²) >= 11 is 0. The number of hydrogen-bond donors (Lipinski definition) is 1. The Bertz CT molecular complexity index is 86.1. The van der Waals surface area contributed by atoms with Crippen LogP contribution in [0.25, 0.3) is 0 Å². The average Bonchev–Trinajstić information content (AvgIpc) is 1.85. The van der Waals surface area contributed by atoms with Crippen LogP contribution >= 0.6 is 0 Å². The van der Waals surface area contributed by atoms with Crippen LogP contribution in [-0.4, -0.2) is 26.8 Å². The lowest BCUT2D eigenvalue weighted by Crippen LogP contribution is -2.28. The fraction of sp³-hybridized carbons (Fsp3) is 1.00. The first-order valence-electron chi connectivity index (χ1n) is 4.26. The molecule has 0 atom stereocenters. The summed E-state index contributed by atoms with van der Waals surface area (Å²) in [5.74, 6) is 0. The normalized spacial score (nSPS) is 12.0. The maximum atomic E-state index is 4.93. The zero-order valence-electron chi connectivity index (χ0n) is 8.24. The predicted octanol–water partition coefficient (Wildman–Crippen LogP) is 1.66. The highest BCUT2D eigenvalue weighted by Gasteiger charge is 2.07. The summed E-state index contributed by atoms with van der Waals surface area (Å²) in [4.78, 5) is 0. The minimum Gasteiger partial charge on any atom is -0.385 e. The minimum atomic E-state index is 0.396. The Labute approximate surface area is 70.3 Å². The number of hydrogen-bond acceptors (Lipinski definition) is 2. The molecule has 0 saturated heterocycles. The van der Waals surface area contributed by atoms with E-state index in [1.54, 1.807) is 7.11 Å². The Balaban J connectivity index is 3.02. The molecule has 0 radical (unpaired) electrons. The number of nitrogens with one attached hydrogen (secondary N) is 1. The van der Waals surface area contributed by atoms with Gasteiger partial charge in [-0.3, -0.25) is 0 Å². The molecule has 0 saturated carbocycles. The SMILES string of the molecule is COCCCNCC(C)(C)C. The molecule has 0 aromatic carbocycles. The zero-order chi connectivity index (χ0) is 8.74. The lowest BCUT2D eigenvalue weighted by atomic mass is 9.97. The standard InChI is InChI=1S/C9H21NO/c1-9(2,3)8-10-6-5-7-11-4/h10H,5-8H2,1-4H3. The van der Waals surface area contributed by atoms with Crippen molar-refractivity contribution in [2.24, 2.45) is 5.41 Å². The molecule has 0 aliphatic heterocycles. The summed E-state index contributed by atoms with van der Waals surface area (Å²) in [7, 11) is 1.74. The van der Waals surface area contributed by atoms with E-state index >= 15 is 0 Å². The van der Waals surface area contributed by atoms with Gasteiger partial charge in [0.15, 0.2) is 0 Å². The molecule has 0 aromatic heterocycles.